The van der Waals surface area contributed by atoms with E-state index in [4.69, 9.17) is 4.84 Å². The lowest BCUT2D eigenvalue weighted by molar-refractivity contribution is -0.129. The molecule has 8 heteroatoms. The zero-order chi connectivity index (χ0) is 27.1. The van der Waals surface area contributed by atoms with Crippen LogP contribution in [0.3, 0.4) is 0 Å². The van der Waals surface area contributed by atoms with Gasteiger partial charge < -0.3 is 14.5 Å². The van der Waals surface area contributed by atoms with Gasteiger partial charge in [-0.05, 0) is 82.8 Å². The molecule has 8 nitrogen and oxygen atoms in total. The van der Waals surface area contributed by atoms with Gasteiger partial charge in [-0.3, -0.25) is 9.69 Å². The summed E-state index contributed by atoms with van der Waals surface area (Å²) in [5, 5.41) is 13.8. The Morgan fingerprint density at radius 2 is 1.59 bits per heavy atom. The van der Waals surface area contributed by atoms with Gasteiger partial charge in [0.15, 0.2) is 5.69 Å². The number of carboxylic acids is 1. The number of rotatable bonds is 6. The van der Waals surface area contributed by atoms with Crippen molar-refractivity contribution < 1.29 is 14.7 Å². The molecule has 4 fully saturated rings. The van der Waals surface area contributed by atoms with E-state index in [1.807, 2.05) is 28.8 Å². The molecule has 210 valence electrons. The van der Waals surface area contributed by atoms with Crippen molar-refractivity contribution in [3.8, 4) is 0 Å². The molecule has 1 aromatic heterocycles. The first-order chi connectivity index (χ1) is 18.9. The van der Waals surface area contributed by atoms with Crippen molar-refractivity contribution in [2.24, 2.45) is 17.0 Å². The second-order valence-corrected chi connectivity index (χ2v) is 12.7. The van der Waals surface area contributed by atoms with Gasteiger partial charge >= 0.3 is 5.97 Å². The lowest BCUT2D eigenvalue weighted by Crippen LogP contribution is -2.58. The van der Waals surface area contributed by atoms with Gasteiger partial charge in [0, 0.05) is 24.2 Å². The Balaban J connectivity index is 1.36. The van der Waals surface area contributed by atoms with Crippen LogP contribution in [0, 0.1) is 11.8 Å². The molecule has 2 saturated carbocycles. The molecule has 0 amide bonds. The van der Waals surface area contributed by atoms with Gasteiger partial charge in [0.2, 0.25) is 5.71 Å². The van der Waals surface area contributed by atoms with Gasteiger partial charge in [-0.2, -0.15) is 0 Å². The zero-order valence-corrected chi connectivity index (χ0v) is 23.3. The monoisotopic (exact) mass is 534 g/mol. The molecular weight excluding hydrogens is 492 g/mol. The maximum absolute atomic E-state index is 14.0. The maximum Gasteiger partial charge on any atom is 0.360 e. The first-order valence-corrected chi connectivity index (χ1v) is 15.1. The number of hydrogen-bond donors (Lipinski definition) is 1. The number of oxime groups is 1. The van der Waals surface area contributed by atoms with Crippen LogP contribution in [-0.2, 0) is 9.63 Å². The number of para-hydroxylation sites is 2. The Morgan fingerprint density at radius 1 is 0.923 bits per heavy atom. The van der Waals surface area contributed by atoms with E-state index in [2.05, 4.69) is 15.0 Å². The van der Waals surface area contributed by atoms with Crippen molar-refractivity contribution in [1.82, 2.24) is 14.5 Å². The average molecular weight is 535 g/mol. The van der Waals surface area contributed by atoms with Gasteiger partial charge in [0.1, 0.15) is 6.10 Å². The predicted molar refractivity (Wildman–Crippen MR) is 151 cm³/mol. The van der Waals surface area contributed by atoms with Gasteiger partial charge in [-0.15, -0.1) is 0 Å². The molecule has 0 unspecified atom stereocenters. The molecule has 2 saturated heterocycles. The molecule has 3 heterocycles. The Hall–Kier alpha value is -2.74. The van der Waals surface area contributed by atoms with Gasteiger partial charge in [0.25, 0.3) is 5.56 Å². The first kappa shape index (κ1) is 26.5. The number of carbonyl (C=O) groups is 1. The van der Waals surface area contributed by atoms with Crippen LogP contribution >= 0.6 is 0 Å². The van der Waals surface area contributed by atoms with Gasteiger partial charge in [-0.25, -0.2) is 9.78 Å². The fraction of sp³-hybridized carbons (Fsp3) is 0.677. The van der Waals surface area contributed by atoms with Crippen LogP contribution in [0.25, 0.3) is 11.0 Å². The minimum atomic E-state index is -1.31. The highest BCUT2D eigenvalue weighted by Gasteiger charge is 2.45. The van der Waals surface area contributed by atoms with Crippen LogP contribution < -0.4 is 5.56 Å². The number of hydrogen-bond acceptors (Lipinski definition) is 6. The third kappa shape index (κ3) is 5.24. The molecule has 6 rings (SSSR count). The van der Waals surface area contributed by atoms with E-state index in [-0.39, 0.29) is 23.4 Å². The minimum Gasteiger partial charge on any atom is -0.476 e. The molecule has 0 spiro atoms. The third-order valence-corrected chi connectivity index (χ3v) is 9.72. The van der Waals surface area contributed by atoms with Crippen molar-refractivity contribution in [2.75, 3.05) is 0 Å². The highest BCUT2D eigenvalue weighted by molar-refractivity contribution is 6.41. The molecule has 2 aromatic rings. The topological polar surface area (TPSA) is 97.0 Å². The summed E-state index contributed by atoms with van der Waals surface area (Å²) in [6, 6.07) is 9.18. The smallest absolute Gasteiger partial charge is 0.360 e. The Bertz CT molecular complexity index is 1280. The van der Waals surface area contributed by atoms with Crippen LogP contribution in [0.15, 0.2) is 34.2 Å². The fourth-order valence-corrected chi connectivity index (χ4v) is 8.32. The number of piperidine rings is 2. The second-order valence-electron chi connectivity index (χ2n) is 12.7. The van der Waals surface area contributed by atoms with E-state index < -0.39 is 11.7 Å². The number of benzene rings is 1. The van der Waals surface area contributed by atoms with Gasteiger partial charge in [-0.1, -0.05) is 49.4 Å². The number of aliphatic carboxylic acids is 1. The molecule has 2 aliphatic carbocycles. The summed E-state index contributed by atoms with van der Waals surface area (Å²) in [4.78, 5) is 38.9. The Morgan fingerprint density at radius 3 is 2.23 bits per heavy atom. The summed E-state index contributed by atoms with van der Waals surface area (Å²) in [5.74, 6) is 0.448. The van der Waals surface area contributed by atoms with Crippen LogP contribution in [0.1, 0.15) is 103 Å². The SMILES string of the molecule is CC(C)O/N=C(\C(=O)O)c1nc2ccccc2n([C@H]2C[C@H]3CCC[C@@H](C2)N3[C@@H]2C[C@@H]3CCCC[C@@H](C3)C2)c1=O. The van der Waals surface area contributed by atoms with E-state index in [1.54, 1.807) is 13.8 Å². The van der Waals surface area contributed by atoms with Crippen LogP contribution in [0.5, 0.6) is 0 Å². The lowest BCUT2D eigenvalue weighted by atomic mass is 9.73. The Labute approximate surface area is 230 Å². The number of nitrogens with zero attached hydrogens (tertiary/aromatic N) is 4. The van der Waals surface area contributed by atoms with Crippen molar-refractivity contribution in [2.45, 2.75) is 121 Å². The quantitative estimate of drug-likeness (QED) is 0.387. The zero-order valence-electron chi connectivity index (χ0n) is 23.3. The number of carboxylic acid groups (broad SMARTS) is 1. The largest absolute Gasteiger partial charge is 0.476 e. The highest BCUT2D eigenvalue weighted by Crippen LogP contribution is 2.47. The van der Waals surface area contributed by atoms with Crippen molar-refractivity contribution in [3.63, 3.8) is 0 Å². The predicted octanol–water partition coefficient (Wildman–Crippen LogP) is 5.53. The number of fused-ring (bicyclic) bond motifs is 5. The van der Waals surface area contributed by atoms with E-state index in [9.17, 15) is 14.7 Å². The minimum absolute atomic E-state index is 0.00244. The molecule has 0 radical (unpaired) electrons. The van der Waals surface area contributed by atoms with E-state index in [1.165, 1.54) is 64.2 Å². The van der Waals surface area contributed by atoms with E-state index >= 15 is 0 Å². The summed E-state index contributed by atoms with van der Waals surface area (Å²) in [5.41, 5.74) is 0.402. The van der Waals surface area contributed by atoms with Crippen LogP contribution in [-0.4, -0.2) is 55.5 Å². The normalized spacial score (nSPS) is 31.7. The Kier molecular flexibility index (Phi) is 7.49. The molecule has 4 aliphatic rings. The van der Waals surface area contributed by atoms with Crippen molar-refractivity contribution in [1.29, 1.82) is 0 Å². The molecule has 2 aliphatic heterocycles. The molecule has 1 N–H and O–H groups in total. The summed E-state index contributed by atoms with van der Waals surface area (Å²) in [7, 11) is 0. The third-order valence-electron chi connectivity index (χ3n) is 9.72. The summed E-state index contributed by atoms with van der Waals surface area (Å²) < 4.78 is 1.84. The standard InChI is InChI=1S/C31H42N4O4/c1-19(2)39-33-29(31(37)38)28-30(36)35(27-13-6-5-12-26(27)32-28)25-17-22-10-7-11-23(18-25)34(22)24-15-20-8-3-4-9-21(14-20)16-24/h5-6,12-13,19-25H,3-4,7-11,14-18H2,1-2H3,(H,37,38)/b33-29-/t20-,21+,22-,23+,24-,25+. The van der Waals surface area contributed by atoms with Gasteiger partial charge in [0.05, 0.1) is 11.0 Å². The molecular formula is C31H42N4O4. The average Bonchev–Trinajstić information content (AvgIpc) is 3.07. The molecule has 6 atom stereocenters. The summed E-state index contributed by atoms with van der Waals surface area (Å²) in [6.07, 6.45) is 14.8. The van der Waals surface area contributed by atoms with Crippen LogP contribution in [0.2, 0.25) is 0 Å². The lowest BCUT2D eigenvalue weighted by Gasteiger charge is -2.54. The van der Waals surface area contributed by atoms with E-state index in [0.29, 0.717) is 23.6 Å². The molecule has 4 bridgehead atoms. The highest BCUT2D eigenvalue weighted by atomic mass is 16.6. The summed E-state index contributed by atoms with van der Waals surface area (Å²) >= 11 is 0. The second kappa shape index (κ2) is 11.0. The van der Waals surface area contributed by atoms with Crippen molar-refractivity contribution >= 4 is 22.7 Å². The molecule has 1 aromatic carbocycles. The van der Waals surface area contributed by atoms with E-state index in [0.717, 1.165) is 30.2 Å². The van der Waals surface area contributed by atoms with Crippen molar-refractivity contribution in [3.05, 3.63) is 40.3 Å². The first-order valence-electron chi connectivity index (χ1n) is 15.1. The maximum atomic E-state index is 14.0. The molecule has 39 heavy (non-hydrogen) atoms. The van der Waals surface area contributed by atoms with Crippen LogP contribution in [0.4, 0.5) is 0 Å². The fourth-order valence-electron chi connectivity index (χ4n) is 8.32. The number of aromatic nitrogens is 2. The summed E-state index contributed by atoms with van der Waals surface area (Å²) in [6.45, 7) is 3.53.